The van der Waals surface area contributed by atoms with Gasteiger partial charge in [-0.3, -0.25) is 0 Å². The van der Waals surface area contributed by atoms with E-state index in [9.17, 15) is 0 Å². The molecule has 0 aliphatic rings. The Morgan fingerprint density at radius 1 is 0.250 bits per heavy atom. The fourth-order valence-electron chi connectivity index (χ4n) is 7.35. The summed E-state index contributed by atoms with van der Waals surface area (Å²) in [7, 11) is 0. The molecule has 0 aliphatic carbocycles. The van der Waals surface area contributed by atoms with Gasteiger partial charge in [0.05, 0.1) is 0 Å². The van der Waals surface area contributed by atoms with Crippen LogP contribution in [0.1, 0.15) is 22.3 Å². The van der Waals surface area contributed by atoms with Crippen LogP contribution in [0.3, 0.4) is 0 Å². The van der Waals surface area contributed by atoms with Crippen molar-refractivity contribution in [3.05, 3.63) is 192 Å². The zero-order valence-corrected chi connectivity index (χ0v) is 26.5. The molecule has 0 spiro atoms. The smallest absolute Gasteiger partial charge is 0.00201 e. The van der Waals surface area contributed by atoms with Crippen LogP contribution in [0.4, 0.5) is 0 Å². The van der Waals surface area contributed by atoms with Gasteiger partial charge in [-0.25, -0.2) is 0 Å². The Balaban J connectivity index is 1.18. The lowest BCUT2D eigenvalue weighted by molar-refractivity contribution is 1.62. The first kappa shape index (κ1) is 28.0. The highest BCUT2D eigenvalue weighted by Gasteiger charge is 2.17. The molecule has 0 atom stereocenters. The lowest BCUT2D eigenvalue weighted by Crippen LogP contribution is -1.91. The Kier molecular flexibility index (Phi) is 6.91. The molecule has 0 nitrogen and oxygen atoms in total. The van der Waals surface area contributed by atoms with Crippen molar-refractivity contribution in [2.45, 2.75) is 0 Å². The minimum Gasteiger partial charge on any atom is -0.0622 e. The minimum atomic E-state index is 1.19. The molecular weight excluding hydrogens is 577 g/mol. The molecule has 224 valence electrons. The van der Waals surface area contributed by atoms with Crippen molar-refractivity contribution in [1.82, 2.24) is 0 Å². The summed E-state index contributed by atoms with van der Waals surface area (Å²) >= 11 is 0. The van der Waals surface area contributed by atoms with E-state index < -0.39 is 0 Å². The third-order valence-electron chi connectivity index (χ3n) is 9.59. The number of hydrogen-bond donors (Lipinski definition) is 0. The SMILES string of the molecule is C(=Cc1cccc(-c2ccc3c4cccc5c(-c6cccc(C=Cc7ccccc7)c6)ccc(c6cccc2c63)c54)c1)c1ccccc1. The molecule has 9 aromatic rings. The van der Waals surface area contributed by atoms with Gasteiger partial charge in [0.2, 0.25) is 0 Å². The van der Waals surface area contributed by atoms with Gasteiger partial charge in [0.1, 0.15) is 0 Å². The second kappa shape index (κ2) is 11.8. The van der Waals surface area contributed by atoms with E-state index in [1.165, 1.54) is 87.6 Å². The molecule has 0 amide bonds. The maximum absolute atomic E-state index is 2.34. The van der Waals surface area contributed by atoms with Crippen LogP contribution in [0.2, 0.25) is 0 Å². The van der Waals surface area contributed by atoms with Gasteiger partial charge < -0.3 is 0 Å². The van der Waals surface area contributed by atoms with E-state index in [2.05, 4.69) is 194 Å². The third kappa shape index (κ3) is 4.96. The lowest BCUT2D eigenvalue weighted by Gasteiger charge is -2.18. The summed E-state index contributed by atoms with van der Waals surface area (Å²) in [4.78, 5) is 0. The van der Waals surface area contributed by atoms with Crippen molar-refractivity contribution in [3.8, 4) is 22.3 Å². The Hall–Kier alpha value is -6.24. The minimum absolute atomic E-state index is 1.19. The molecule has 0 saturated heterocycles. The summed E-state index contributed by atoms with van der Waals surface area (Å²) in [5.41, 5.74) is 9.78. The van der Waals surface area contributed by atoms with Crippen LogP contribution in [-0.2, 0) is 0 Å². The molecule has 0 radical (unpaired) electrons. The van der Waals surface area contributed by atoms with Crippen LogP contribution in [0.15, 0.2) is 170 Å². The van der Waals surface area contributed by atoms with Crippen LogP contribution < -0.4 is 0 Å². The molecule has 0 heteroatoms. The highest BCUT2D eigenvalue weighted by Crippen LogP contribution is 2.45. The molecule has 0 fully saturated rings. The highest BCUT2D eigenvalue weighted by molar-refractivity contribution is 6.35. The van der Waals surface area contributed by atoms with Gasteiger partial charge in [-0.2, -0.15) is 0 Å². The first-order valence-corrected chi connectivity index (χ1v) is 16.6. The van der Waals surface area contributed by atoms with Gasteiger partial charge in [-0.15, -0.1) is 0 Å². The monoisotopic (exact) mass is 608 g/mol. The number of benzene rings is 9. The van der Waals surface area contributed by atoms with Gasteiger partial charge in [-0.05, 0) is 99.7 Å². The first-order chi connectivity index (χ1) is 23.8. The molecule has 9 aromatic carbocycles. The molecule has 0 aromatic heterocycles. The quantitative estimate of drug-likeness (QED) is 0.100. The summed E-state index contributed by atoms with van der Waals surface area (Å²) < 4.78 is 0. The van der Waals surface area contributed by atoms with E-state index in [1.807, 2.05) is 0 Å². The van der Waals surface area contributed by atoms with Gasteiger partial charge >= 0.3 is 0 Å². The van der Waals surface area contributed by atoms with Crippen molar-refractivity contribution in [3.63, 3.8) is 0 Å². The van der Waals surface area contributed by atoms with E-state index >= 15 is 0 Å². The van der Waals surface area contributed by atoms with Crippen molar-refractivity contribution in [2.24, 2.45) is 0 Å². The molecule has 0 bridgehead atoms. The van der Waals surface area contributed by atoms with E-state index in [1.54, 1.807) is 0 Å². The largest absolute Gasteiger partial charge is 0.0622 e. The predicted octanol–water partition coefficient (Wildman–Crippen LogP) is 13.4. The van der Waals surface area contributed by atoms with Crippen molar-refractivity contribution in [2.75, 3.05) is 0 Å². The second-order valence-corrected chi connectivity index (χ2v) is 12.5. The Morgan fingerprint density at radius 3 is 1.06 bits per heavy atom. The predicted molar refractivity (Wildman–Crippen MR) is 209 cm³/mol. The maximum atomic E-state index is 2.34. The summed E-state index contributed by atoms with van der Waals surface area (Å²) in [6.07, 6.45) is 8.77. The van der Waals surface area contributed by atoms with E-state index in [0.717, 1.165) is 0 Å². The van der Waals surface area contributed by atoms with Gasteiger partial charge in [0.25, 0.3) is 0 Å². The van der Waals surface area contributed by atoms with Crippen LogP contribution in [-0.4, -0.2) is 0 Å². The molecule has 0 aliphatic heterocycles. The average molecular weight is 609 g/mol. The third-order valence-corrected chi connectivity index (χ3v) is 9.59. The Morgan fingerprint density at radius 2 is 0.604 bits per heavy atom. The second-order valence-electron chi connectivity index (χ2n) is 12.5. The Bertz CT molecular complexity index is 2430. The number of hydrogen-bond acceptors (Lipinski definition) is 0. The van der Waals surface area contributed by atoms with Gasteiger partial charge in [0.15, 0.2) is 0 Å². The summed E-state index contributed by atoms with van der Waals surface area (Å²) in [5, 5.41) is 10.5. The van der Waals surface area contributed by atoms with Crippen molar-refractivity contribution in [1.29, 1.82) is 0 Å². The molecule has 0 heterocycles. The van der Waals surface area contributed by atoms with Crippen molar-refractivity contribution < 1.29 is 0 Å². The molecule has 0 unspecified atom stereocenters. The fourth-order valence-corrected chi connectivity index (χ4v) is 7.35. The van der Waals surface area contributed by atoms with E-state index in [0.29, 0.717) is 0 Å². The maximum Gasteiger partial charge on any atom is -0.00201 e. The number of rotatable bonds is 6. The summed E-state index contributed by atoms with van der Waals surface area (Å²) in [6.45, 7) is 0. The zero-order chi connectivity index (χ0) is 31.9. The highest BCUT2D eigenvalue weighted by atomic mass is 14.2. The van der Waals surface area contributed by atoms with Crippen LogP contribution in [0.25, 0.3) is 89.6 Å². The van der Waals surface area contributed by atoms with E-state index in [4.69, 9.17) is 0 Å². The van der Waals surface area contributed by atoms with Gasteiger partial charge in [0, 0.05) is 0 Å². The molecule has 0 N–H and O–H groups in total. The zero-order valence-electron chi connectivity index (χ0n) is 26.5. The van der Waals surface area contributed by atoms with Crippen molar-refractivity contribution >= 4 is 67.4 Å². The average Bonchev–Trinajstić information content (AvgIpc) is 3.16. The first-order valence-electron chi connectivity index (χ1n) is 16.6. The number of fused-ring (bicyclic) bond motifs is 2. The molecular formula is C48H32. The summed E-state index contributed by atoms with van der Waals surface area (Å²) in [6, 6.07) is 61.7. The standard InChI is InChI=1S/C48H32/c1-3-11-33(12-4-1)23-25-35-15-7-17-37(31-35)39-27-29-45-44-22-10-20-42-40(28-30-46(48(42)44)43-21-9-19-41(39)47(43)45)38-18-8-16-36(32-38)26-24-34-13-5-2-6-14-34/h1-32H. The van der Waals surface area contributed by atoms with Gasteiger partial charge in [-0.1, -0.05) is 182 Å². The van der Waals surface area contributed by atoms with Crippen LogP contribution >= 0.6 is 0 Å². The molecule has 9 rings (SSSR count). The fraction of sp³-hybridized carbons (Fsp3) is 0. The van der Waals surface area contributed by atoms with Crippen LogP contribution in [0.5, 0.6) is 0 Å². The molecule has 0 saturated carbocycles. The van der Waals surface area contributed by atoms with E-state index in [-0.39, 0.29) is 0 Å². The Labute approximate surface area is 280 Å². The topological polar surface area (TPSA) is 0 Å². The normalized spacial score (nSPS) is 12.0. The summed E-state index contributed by atoms with van der Waals surface area (Å²) in [5.74, 6) is 0. The lowest BCUT2D eigenvalue weighted by atomic mass is 9.85. The molecule has 48 heavy (non-hydrogen) atoms. The van der Waals surface area contributed by atoms with Crippen LogP contribution in [0, 0.1) is 0 Å².